The van der Waals surface area contributed by atoms with E-state index in [9.17, 15) is 0 Å². The summed E-state index contributed by atoms with van der Waals surface area (Å²) in [6.07, 6.45) is 0. The summed E-state index contributed by atoms with van der Waals surface area (Å²) >= 11 is 1.52. The molecule has 0 amide bonds. The molecule has 0 atom stereocenters. The predicted octanol–water partition coefficient (Wildman–Crippen LogP) is 2.17. The van der Waals surface area contributed by atoms with Crippen molar-refractivity contribution in [1.29, 1.82) is 0 Å². The molecule has 0 aromatic heterocycles. The van der Waals surface area contributed by atoms with Gasteiger partial charge in [-0.2, -0.15) is 12.1 Å². The van der Waals surface area contributed by atoms with Crippen molar-refractivity contribution in [2.45, 2.75) is 39.2 Å². The Bertz CT molecular complexity index is 972. The smallest absolute Gasteiger partial charge is 1.00 e. The number of aryl methyl sites for hydroxylation is 4. The van der Waals surface area contributed by atoms with Crippen LogP contribution in [0.4, 0.5) is 0 Å². The van der Waals surface area contributed by atoms with Gasteiger partial charge < -0.3 is 24.8 Å². The van der Waals surface area contributed by atoms with Crippen molar-refractivity contribution >= 4 is 10.1 Å². The van der Waals surface area contributed by atoms with Crippen LogP contribution in [0.25, 0.3) is 22.3 Å². The second kappa shape index (κ2) is 15.9. The summed E-state index contributed by atoms with van der Waals surface area (Å²) in [5.74, 6) is 4.79. The van der Waals surface area contributed by atoms with E-state index < -0.39 is 0 Å². The van der Waals surface area contributed by atoms with Gasteiger partial charge in [-0.1, -0.05) is 60.4 Å². The molecule has 0 bridgehead atoms. The van der Waals surface area contributed by atoms with Gasteiger partial charge in [-0.15, -0.1) is 70.8 Å². The second-order valence-electron chi connectivity index (χ2n) is 7.98. The van der Waals surface area contributed by atoms with Gasteiger partial charge in [0.1, 0.15) is 0 Å². The SMILES string of the molecule is Cc1ccc(-[c-]2cccc2C)cc1.Cc1ccc(-[c-]2cccc2C)cc1.[CH3][Ge]([CH3])=[Hf+2].[Cl-].[Cl-]. The Morgan fingerprint density at radius 2 is 0.844 bits per heavy atom. The number of benzene rings is 2. The summed E-state index contributed by atoms with van der Waals surface area (Å²) in [4.78, 5) is 0. The van der Waals surface area contributed by atoms with Crippen molar-refractivity contribution in [2.75, 3.05) is 0 Å². The zero-order valence-corrected chi connectivity index (χ0v) is 27.0. The maximum Gasteiger partial charge on any atom is -1.00 e. The molecule has 4 aromatic carbocycles. The number of hydrogen-bond acceptors (Lipinski definition) is 0. The van der Waals surface area contributed by atoms with Crippen LogP contribution >= 0.6 is 0 Å². The van der Waals surface area contributed by atoms with Crippen molar-refractivity contribution in [3.05, 3.63) is 107 Å². The predicted molar refractivity (Wildman–Crippen MR) is 131 cm³/mol. The molecule has 0 heterocycles. The van der Waals surface area contributed by atoms with Gasteiger partial charge >= 0.3 is 42.8 Å². The van der Waals surface area contributed by atoms with Gasteiger partial charge in [0, 0.05) is 0 Å². The molecule has 4 aromatic rings. The van der Waals surface area contributed by atoms with E-state index in [2.05, 4.69) is 124 Å². The van der Waals surface area contributed by atoms with E-state index in [1.54, 1.807) is 0 Å². The van der Waals surface area contributed by atoms with Gasteiger partial charge in [0.05, 0.1) is 0 Å². The van der Waals surface area contributed by atoms with Crippen LogP contribution < -0.4 is 24.8 Å². The first-order valence-corrected chi connectivity index (χ1v) is 25.0. The zero-order valence-electron chi connectivity index (χ0n) is 19.8. The summed E-state index contributed by atoms with van der Waals surface area (Å²) in [5.41, 5.74) is 10.6. The van der Waals surface area contributed by atoms with Gasteiger partial charge in [-0.3, -0.25) is 0 Å². The van der Waals surface area contributed by atoms with E-state index in [0.29, 0.717) is 0 Å². The third-order valence-electron chi connectivity index (χ3n) is 4.79. The van der Waals surface area contributed by atoms with Crippen molar-refractivity contribution in [3.63, 3.8) is 0 Å². The molecule has 4 rings (SSSR count). The Balaban J connectivity index is 0.000000490. The zero-order chi connectivity index (χ0) is 22.1. The van der Waals surface area contributed by atoms with Gasteiger partial charge in [0.25, 0.3) is 0 Å². The molecule has 0 radical (unpaired) electrons. The molecule has 0 aliphatic rings. The minimum Gasteiger partial charge on any atom is -1.00 e. The Kier molecular flexibility index (Phi) is 15.4. The molecule has 168 valence electrons. The third kappa shape index (κ3) is 10.4. The Morgan fingerprint density at radius 1 is 0.562 bits per heavy atom. The van der Waals surface area contributed by atoms with E-state index >= 15 is 0 Å². The first kappa shape index (κ1) is 31.1. The first-order valence-electron chi connectivity index (χ1n) is 10.4. The summed E-state index contributed by atoms with van der Waals surface area (Å²) in [5, 5.41) is 0. The third-order valence-corrected chi connectivity index (χ3v) is 4.79. The normalized spacial score (nSPS) is 9.25. The van der Waals surface area contributed by atoms with Crippen LogP contribution in [0.15, 0.2) is 84.9 Å². The van der Waals surface area contributed by atoms with Crippen molar-refractivity contribution < 1.29 is 46.1 Å². The minimum atomic E-state index is -0.194. The van der Waals surface area contributed by atoms with Crippen LogP contribution in [0.1, 0.15) is 22.3 Å². The number of halogens is 2. The molecule has 4 heteroatoms. The van der Waals surface area contributed by atoms with Crippen LogP contribution in [0.5, 0.6) is 0 Å². The summed E-state index contributed by atoms with van der Waals surface area (Å²) < 4.78 is 0. The van der Waals surface area contributed by atoms with Gasteiger partial charge in [-0.05, 0) is 13.8 Å². The van der Waals surface area contributed by atoms with Crippen molar-refractivity contribution in [3.8, 4) is 22.3 Å². The van der Waals surface area contributed by atoms with E-state index in [4.69, 9.17) is 0 Å². The maximum absolute atomic E-state index is 2.40. The molecule has 0 aliphatic heterocycles. The first-order chi connectivity index (χ1) is 14.3. The van der Waals surface area contributed by atoms with Crippen LogP contribution in [0.3, 0.4) is 0 Å². The molecule has 0 nitrogen and oxygen atoms in total. The van der Waals surface area contributed by atoms with Crippen LogP contribution in [-0.2, 0) is 21.3 Å². The second-order valence-corrected chi connectivity index (χ2v) is 30.8. The molecule has 0 fully saturated rings. The van der Waals surface area contributed by atoms with Crippen molar-refractivity contribution in [1.82, 2.24) is 0 Å². The fourth-order valence-corrected chi connectivity index (χ4v) is 3.13. The molecule has 0 N–H and O–H groups in total. The summed E-state index contributed by atoms with van der Waals surface area (Å²) in [7, 11) is -0.194. The molecular weight excluding hydrogens is 658 g/mol. The Morgan fingerprint density at radius 3 is 1.06 bits per heavy atom. The molecule has 0 saturated heterocycles. The fourth-order valence-electron chi connectivity index (χ4n) is 3.13. The average Bonchev–Trinajstić information content (AvgIpc) is 3.31. The maximum atomic E-state index is 2.40. The molecule has 0 unspecified atom stereocenters. The molecule has 32 heavy (non-hydrogen) atoms. The molecular formula is C28H32Cl2GeHf-2. The topological polar surface area (TPSA) is 0 Å². The largest absolute Gasteiger partial charge is 1.00 e. The van der Waals surface area contributed by atoms with E-state index in [1.165, 1.54) is 65.8 Å². The number of rotatable bonds is 2. The quantitative estimate of drug-likeness (QED) is 0.224. The van der Waals surface area contributed by atoms with Gasteiger partial charge in [0.15, 0.2) is 0 Å². The van der Waals surface area contributed by atoms with Gasteiger partial charge in [0.2, 0.25) is 0 Å². The monoisotopic (exact) mass is 692 g/mol. The van der Waals surface area contributed by atoms with Crippen LogP contribution in [-0.4, -0.2) is 10.1 Å². The molecule has 0 aliphatic carbocycles. The summed E-state index contributed by atoms with van der Waals surface area (Å²) in [6, 6.07) is 30.2. The molecule has 0 saturated carbocycles. The minimum absolute atomic E-state index is 0. The van der Waals surface area contributed by atoms with Crippen molar-refractivity contribution in [2.24, 2.45) is 0 Å². The van der Waals surface area contributed by atoms with E-state index in [0.717, 1.165) is 0 Å². The molecule has 0 spiro atoms. The Labute approximate surface area is 223 Å². The standard InChI is InChI=1S/2C13H13.C2H6Ge.2ClH.Hf/c2*1-10-6-8-12(9-7-10)13-5-3-4-11(13)2;1-3-2;;;/h2*3-9H,1-2H3;1-2H3;2*1H;/q2*-1;;;;+2/p-2. The van der Waals surface area contributed by atoms with E-state index in [1.807, 2.05) is 0 Å². The summed E-state index contributed by atoms with van der Waals surface area (Å²) in [6.45, 7) is 8.52. The fraction of sp³-hybridized carbons (Fsp3) is 0.214. The number of hydrogen-bond donors (Lipinski definition) is 0. The van der Waals surface area contributed by atoms with Crippen LogP contribution in [0, 0.1) is 27.7 Å². The Hall–Kier alpha value is -0.867. The van der Waals surface area contributed by atoms with E-state index in [-0.39, 0.29) is 34.9 Å². The van der Waals surface area contributed by atoms with Gasteiger partial charge in [-0.25, -0.2) is 0 Å². The van der Waals surface area contributed by atoms with Crippen LogP contribution in [0.2, 0.25) is 11.5 Å². The average molecular weight is 691 g/mol.